The fraction of sp³-hybridized carbons (Fsp3) is 0.294. The molecule has 0 radical (unpaired) electrons. The number of fused-ring (bicyclic) bond motifs is 1. The van der Waals surface area contributed by atoms with Gasteiger partial charge in [-0.2, -0.15) is 5.10 Å². The number of benzene rings is 1. The van der Waals surface area contributed by atoms with Crippen LogP contribution in [-0.4, -0.2) is 21.3 Å². The van der Waals surface area contributed by atoms with E-state index >= 15 is 0 Å². The molecule has 0 unspecified atom stereocenters. The van der Waals surface area contributed by atoms with E-state index in [9.17, 15) is 0 Å². The number of hydrogen-bond acceptors (Lipinski definition) is 3. The second-order valence-electron chi connectivity index (χ2n) is 5.21. The highest BCUT2D eigenvalue weighted by molar-refractivity contribution is 5.79. The van der Waals surface area contributed by atoms with Gasteiger partial charge in [0.1, 0.15) is 0 Å². The van der Waals surface area contributed by atoms with Crippen LogP contribution in [0.2, 0.25) is 0 Å². The quantitative estimate of drug-likeness (QED) is 0.730. The van der Waals surface area contributed by atoms with E-state index in [0.717, 1.165) is 41.9 Å². The number of aryl methyl sites for hydroxylation is 1. The van der Waals surface area contributed by atoms with Crippen LogP contribution in [0, 0.1) is 6.92 Å². The van der Waals surface area contributed by atoms with Crippen LogP contribution < -0.4 is 5.32 Å². The van der Waals surface area contributed by atoms with Crippen molar-refractivity contribution in [3.63, 3.8) is 0 Å². The molecule has 0 atom stereocenters. The number of nitrogens with zero attached hydrogens (tertiary/aromatic N) is 3. The first kappa shape index (κ1) is 13.8. The fourth-order valence-corrected chi connectivity index (χ4v) is 2.44. The Morgan fingerprint density at radius 1 is 1.14 bits per heavy atom. The minimum atomic E-state index is 0.868. The third kappa shape index (κ3) is 2.81. The van der Waals surface area contributed by atoms with Gasteiger partial charge in [-0.05, 0) is 37.6 Å². The van der Waals surface area contributed by atoms with Gasteiger partial charge >= 0.3 is 0 Å². The Bertz CT molecular complexity index is 745. The highest BCUT2D eigenvalue weighted by Gasteiger charge is 2.07. The first-order chi connectivity index (χ1) is 10.3. The molecule has 0 spiro atoms. The average molecular weight is 280 g/mol. The molecule has 0 bridgehead atoms. The molecule has 1 N–H and O–H groups in total. The summed E-state index contributed by atoms with van der Waals surface area (Å²) in [4.78, 5) is 4.70. The zero-order chi connectivity index (χ0) is 14.7. The maximum absolute atomic E-state index is 4.70. The van der Waals surface area contributed by atoms with Crippen molar-refractivity contribution in [2.75, 3.05) is 6.54 Å². The first-order valence-electron chi connectivity index (χ1n) is 7.40. The number of para-hydroxylation sites is 1. The summed E-state index contributed by atoms with van der Waals surface area (Å²) in [6, 6.07) is 12.4. The van der Waals surface area contributed by atoms with E-state index in [2.05, 4.69) is 42.5 Å². The summed E-state index contributed by atoms with van der Waals surface area (Å²) in [5, 5.41) is 8.99. The lowest BCUT2D eigenvalue weighted by Crippen LogP contribution is -2.15. The second kappa shape index (κ2) is 6.06. The summed E-state index contributed by atoms with van der Waals surface area (Å²) >= 11 is 0. The lowest BCUT2D eigenvalue weighted by molar-refractivity contribution is 0.670. The minimum Gasteiger partial charge on any atom is -0.313 e. The van der Waals surface area contributed by atoms with Crippen LogP contribution in [0.3, 0.4) is 0 Å². The molecule has 21 heavy (non-hydrogen) atoms. The number of aromatic nitrogens is 3. The molecule has 4 heteroatoms. The van der Waals surface area contributed by atoms with E-state index in [0.29, 0.717) is 0 Å². The summed E-state index contributed by atoms with van der Waals surface area (Å²) in [7, 11) is 0. The Labute approximate surface area is 124 Å². The van der Waals surface area contributed by atoms with E-state index in [-0.39, 0.29) is 0 Å². The third-order valence-corrected chi connectivity index (χ3v) is 3.62. The van der Waals surface area contributed by atoms with Crippen LogP contribution in [-0.2, 0) is 6.54 Å². The molecule has 0 aliphatic heterocycles. The van der Waals surface area contributed by atoms with Crippen molar-refractivity contribution in [3.8, 4) is 5.82 Å². The highest BCUT2D eigenvalue weighted by atomic mass is 15.3. The number of hydrogen-bond donors (Lipinski definition) is 1. The van der Waals surface area contributed by atoms with E-state index < -0.39 is 0 Å². The minimum absolute atomic E-state index is 0.868. The summed E-state index contributed by atoms with van der Waals surface area (Å²) in [6.07, 6.45) is 3.02. The van der Waals surface area contributed by atoms with Crippen molar-refractivity contribution in [2.24, 2.45) is 0 Å². The molecule has 1 aromatic carbocycles. The van der Waals surface area contributed by atoms with E-state index in [1.807, 2.05) is 29.1 Å². The summed E-state index contributed by atoms with van der Waals surface area (Å²) < 4.78 is 1.89. The van der Waals surface area contributed by atoms with Gasteiger partial charge in [0, 0.05) is 17.6 Å². The Hall–Kier alpha value is -2.20. The number of nitrogens with one attached hydrogen (secondary N) is 1. The Morgan fingerprint density at radius 3 is 2.81 bits per heavy atom. The maximum Gasteiger partial charge on any atom is 0.154 e. The van der Waals surface area contributed by atoms with Gasteiger partial charge in [0.05, 0.1) is 11.7 Å². The fourth-order valence-electron chi connectivity index (χ4n) is 2.44. The van der Waals surface area contributed by atoms with Crippen molar-refractivity contribution < 1.29 is 0 Å². The number of pyridine rings is 1. The van der Waals surface area contributed by atoms with Crippen LogP contribution in [0.25, 0.3) is 16.7 Å². The molecule has 0 fully saturated rings. The Balaban J connectivity index is 1.91. The smallest absolute Gasteiger partial charge is 0.154 e. The van der Waals surface area contributed by atoms with Gasteiger partial charge in [0.2, 0.25) is 0 Å². The summed E-state index contributed by atoms with van der Waals surface area (Å²) in [5.41, 5.74) is 3.38. The van der Waals surface area contributed by atoms with Crippen molar-refractivity contribution in [3.05, 3.63) is 53.9 Å². The normalized spacial score (nSPS) is 11.1. The predicted molar refractivity (Wildman–Crippen MR) is 85.6 cm³/mol. The van der Waals surface area contributed by atoms with E-state index in [1.54, 1.807) is 0 Å². The van der Waals surface area contributed by atoms with E-state index in [1.165, 1.54) is 5.56 Å². The van der Waals surface area contributed by atoms with Gasteiger partial charge in [0.25, 0.3) is 0 Å². The van der Waals surface area contributed by atoms with Gasteiger partial charge in [-0.15, -0.1) is 0 Å². The van der Waals surface area contributed by atoms with Crippen LogP contribution in [0.15, 0.2) is 42.6 Å². The Morgan fingerprint density at radius 2 is 2.00 bits per heavy atom. The SMILES string of the molecule is CCCNCc1ccc(-n2ncc3ccccc32)nc1C. The summed E-state index contributed by atoms with van der Waals surface area (Å²) in [5.74, 6) is 0.868. The zero-order valence-corrected chi connectivity index (χ0v) is 12.5. The van der Waals surface area contributed by atoms with Crippen molar-refractivity contribution >= 4 is 10.9 Å². The topological polar surface area (TPSA) is 42.7 Å². The molecule has 0 saturated heterocycles. The molecule has 2 aromatic heterocycles. The molecule has 3 rings (SSSR count). The van der Waals surface area contributed by atoms with Crippen molar-refractivity contribution in [2.45, 2.75) is 26.8 Å². The van der Waals surface area contributed by atoms with Crippen molar-refractivity contribution in [1.82, 2.24) is 20.1 Å². The third-order valence-electron chi connectivity index (χ3n) is 3.62. The van der Waals surface area contributed by atoms with E-state index in [4.69, 9.17) is 4.98 Å². The zero-order valence-electron chi connectivity index (χ0n) is 12.5. The highest BCUT2D eigenvalue weighted by Crippen LogP contribution is 2.17. The molecule has 0 saturated carbocycles. The average Bonchev–Trinajstić information content (AvgIpc) is 2.93. The van der Waals surface area contributed by atoms with Gasteiger partial charge < -0.3 is 5.32 Å². The molecule has 3 aromatic rings. The lowest BCUT2D eigenvalue weighted by Gasteiger charge is -2.09. The van der Waals surface area contributed by atoms with Gasteiger partial charge in [-0.3, -0.25) is 0 Å². The molecular formula is C17H20N4. The lowest BCUT2D eigenvalue weighted by atomic mass is 10.2. The van der Waals surface area contributed by atoms with Crippen molar-refractivity contribution in [1.29, 1.82) is 0 Å². The molecular weight excluding hydrogens is 260 g/mol. The molecule has 4 nitrogen and oxygen atoms in total. The van der Waals surface area contributed by atoms with Gasteiger partial charge in [-0.1, -0.05) is 31.2 Å². The predicted octanol–water partition coefficient (Wildman–Crippen LogP) is 3.23. The van der Waals surface area contributed by atoms with Crippen LogP contribution in [0.4, 0.5) is 0 Å². The second-order valence-corrected chi connectivity index (χ2v) is 5.21. The van der Waals surface area contributed by atoms with Gasteiger partial charge in [0.15, 0.2) is 5.82 Å². The molecule has 0 aliphatic carbocycles. The monoisotopic (exact) mass is 280 g/mol. The molecule has 108 valence electrons. The van der Waals surface area contributed by atoms with Crippen LogP contribution in [0.1, 0.15) is 24.6 Å². The maximum atomic E-state index is 4.70. The van der Waals surface area contributed by atoms with Gasteiger partial charge in [-0.25, -0.2) is 9.67 Å². The molecule has 0 aliphatic rings. The first-order valence-corrected chi connectivity index (χ1v) is 7.40. The molecule has 2 heterocycles. The number of rotatable bonds is 5. The largest absolute Gasteiger partial charge is 0.313 e. The molecule has 0 amide bonds. The van der Waals surface area contributed by atoms with Crippen LogP contribution in [0.5, 0.6) is 0 Å². The Kier molecular flexibility index (Phi) is 3.97. The summed E-state index contributed by atoms with van der Waals surface area (Å²) in [6.45, 7) is 6.12. The standard InChI is InChI=1S/C17H20N4/c1-3-10-18-11-14-8-9-17(20-13(14)2)21-16-7-5-4-6-15(16)12-19-21/h4-9,12,18H,3,10-11H2,1-2H3. The van der Waals surface area contributed by atoms with Crippen LogP contribution >= 0.6 is 0 Å².